The van der Waals surface area contributed by atoms with Crippen LogP contribution in [0.2, 0.25) is 0 Å². The molecule has 1 saturated heterocycles. The van der Waals surface area contributed by atoms with Crippen molar-refractivity contribution in [2.45, 2.75) is 33.6 Å². The van der Waals surface area contributed by atoms with Gasteiger partial charge in [0.15, 0.2) is 5.96 Å². The number of rotatable bonds is 5. The molecule has 136 valence electrons. The predicted molar refractivity (Wildman–Crippen MR) is 113 cm³/mol. The SMILES string of the molecule is CN=C(NCCc1c(C)cc(C)cc1C)N(C)CC1CCOC1.I. The Bertz CT molecular complexity index is 531. The molecule has 1 atom stereocenters. The molecule has 1 fully saturated rings. The second kappa shape index (κ2) is 10.2. The normalized spacial score (nSPS) is 17.5. The number of hydrogen-bond donors (Lipinski definition) is 1. The van der Waals surface area contributed by atoms with Crippen molar-refractivity contribution in [2.75, 3.05) is 40.4 Å². The maximum Gasteiger partial charge on any atom is 0.193 e. The number of nitrogens with zero attached hydrogens (tertiary/aromatic N) is 2. The van der Waals surface area contributed by atoms with E-state index in [9.17, 15) is 0 Å². The van der Waals surface area contributed by atoms with E-state index >= 15 is 0 Å². The highest BCUT2D eigenvalue weighted by molar-refractivity contribution is 14.0. The van der Waals surface area contributed by atoms with Gasteiger partial charge in [0.2, 0.25) is 0 Å². The first-order valence-electron chi connectivity index (χ1n) is 8.57. The quantitative estimate of drug-likeness (QED) is 0.429. The smallest absolute Gasteiger partial charge is 0.193 e. The van der Waals surface area contributed by atoms with Gasteiger partial charge >= 0.3 is 0 Å². The molecule has 1 aliphatic heterocycles. The number of halogens is 1. The molecule has 4 nitrogen and oxygen atoms in total. The molecular formula is C19H32IN3O. The van der Waals surface area contributed by atoms with Gasteiger partial charge in [-0.15, -0.1) is 24.0 Å². The molecule has 0 bridgehead atoms. The summed E-state index contributed by atoms with van der Waals surface area (Å²) in [6.45, 7) is 10.3. The van der Waals surface area contributed by atoms with Crippen LogP contribution in [0, 0.1) is 26.7 Å². The van der Waals surface area contributed by atoms with E-state index in [4.69, 9.17) is 4.74 Å². The molecule has 1 unspecified atom stereocenters. The summed E-state index contributed by atoms with van der Waals surface area (Å²) in [5.74, 6) is 1.60. The van der Waals surface area contributed by atoms with Crippen LogP contribution in [0.25, 0.3) is 0 Å². The average Bonchev–Trinajstić information content (AvgIpc) is 2.98. The van der Waals surface area contributed by atoms with Gasteiger partial charge in [-0.2, -0.15) is 0 Å². The molecular weight excluding hydrogens is 413 g/mol. The zero-order valence-electron chi connectivity index (χ0n) is 15.7. The fraction of sp³-hybridized carbons (Fsp3) is 0.632. The maximum absolute atomic E-state index is 5.46. The van der Waals surface area contributed by atoms with E-state index in [2.05, 4.69) is 55.2 Å². The minimum atomic E-state index is 0. The van der Waals surface area contributed by atoms with E-state index in [-0.39, 0.29) is 24.0 Å². The van der Waals surface area contributed by atoms with Crippen LogP contribution >= 0.6 is 24.0 Å². The molecule has 5 heteroatoms. The molecule has 1 aromatic carbocycles. The lowest BCUT2D eigenvalue weighted by atomic mass is 9.97. The van der Waals surface area contributed by atoms with Crippen LogP contribution in [0.5, 0.6) is 0 Å². The number of benzene rings is 1. The second-order valence-corrected chi connectivity index (χ2v) is 6.71. The van der Waals surface area contributed by atoms with Gasteiger partial charge in [-0.25, -0.2) is 0 Å². The third-order valence-electron chi connectivity index (χ3n) is 4.63. The summed E-state index contributed by atoms with van der Waals surface area (Å²) in [4.78, 5) is 6.63. The van der Waals surface area contributed by atoms with Crippen molar-refractivity contribution < 1.29 is 4.74 Å². The van der Waals surface area contributed by atoms with Gasteiger partial charge in [0.25, 0.3) is 0 Å². The van der Waals surface area contributed by atoms with Crippen molar-refractivity contribution in [3.05, 3.63) is 34.4 Å². The van der Waals surface area contributed by atoms with Crippen LogP contribution in [0.3, 0.4) is 0 Å². The third-order valence-corrected chi connectivity index (χ3v) is 4.63. The first-order chi connectivity index (χ1) is 11.0. The summed E-state index contributed by atoms with van der Waals surface area (Å²) in [5, 5.41) is 3.50. The highest BCUT2D eigenvalue weighted by atomic mass is 127. The number of aliphatic imine (C=N–C) groups is 1. The molecule has 0 amide bonds. The van der Waals surface area contributed by atoms with Crippen LogP contribution in [-0.4, -0.2) is 51.3 Å². The van der Waals surface area contributed by atoms with E-state index in [1.165, 1.54) is 22.3 Å². The van der Waals surface area contributed by atoms with Gasteiger partial charge in [0.1, 0.15) is 0 Å². The summed E-state index contributed by atoms with van der Waals surface area (Å²) < 4.78 is 5.46. The topological polar surface area (TPSA) is 36.9 Å². The van der Waals surface area contributed by atoms with Crippen LogP contribution < -0.4 is 5.32 Å². The van der Waals surface area contributed by atoms with Crippen molar-refractivity contribution >= 4 is 29.9 Å². The van der Waals surface area contributed by atoms with E-state index in [0.717, 1.165) is 45.1 Å². The number of ether oxygens (including phenoxy) is 1. The fourth-order valence-corrected chi connectivity index (χ4v) is 3.49. The van der Waals surface area contributed by atoms with E-state index in [0.29, 0.717) is 5.92 Å². The van der Waals surface area contributed by atoms with Crippen molar-refractivity contribution in [3.8, 4) is 0 Å². The molecule has 0 aromatic heterocycles. The van der Waals surface area contributed by atoms with Gasteiger partial charge in [-0.05, 0) is 50.3 Å². The highest BCUT2D eigenvalue weighted by Gasteiger charge is 2.19. The molecule has 1 aromatic rings. The Hall–Kier alpha value is -0.820. The Morgan fingerprint density at radius 2 is 1.96 bits per heavy atom. The van der Waals surface area contributed by atoms with E-state index in [1.807, 2.05) is 7.05 Å². The summed E-state index contributed by atoms with van der Waals surface area (Å²) in [5.41, 5.74) is 5.56. The van der Waals surface area contributed by atoms with Crippen LogP contribution in [0.4, 0.5) is 0 Å². The van der Waals surface area contributed by atoms with E-state index in [1.54, 1.807) is 0 Å². The first-order valence-corrected chi connectivity index (χ1v) is 8.57. The molecule has 2 rings (SSSR count). The molecule has 0 saturated carbocycles. The average molecular weight is 445 g/mol. The molecule has 1 N–H and O–H groups in total. The van der Waals surface area contributed by atoms with Crippen LogP contribution in [0.15, 0.2) is 17.1 Å². The molecule has 1 aliphatic rings. The molecule has 0 aliphatic carbocycles. The van der Waals surface area contributed by atoms with Crippen LogP contribution in [-0.2, 0) is 11.2 Å². The zero-order valence-corrected chi connectivity index (χ0v) is 18.0. The number of aryl methyl sites for hydroxylation is 3. The Balaban J connectivity index is 0.00000288. The lowest BCUT2D eigenvalue weighted by Crippen LogP contribution is -2.42. The predicted octanol–water partition coefficient (Wildman–Crippen LogP) is 3.32. The van der Waals surface area contributed by atoms with E-state index < -0.39 is 0 Å². The summed E-state index contributed by atoms with van der Waals surface area (Å²) in [7, 11) is 3.96. The number of nitrogens with one attached hydrogen (secondary N) is 1. The Kier molecular flexibility index (Phi) is 9.05. The van der Waals surface area contributed by atoms with Crippen molar-refractivity contribution in [1.29, 1.82) is 0 Å². The largest absolute Gasteiger partial charge is 0.381 e. The Morgan fingerprint density at radius 3 is 2.50 bits per heavy atom. The maximum atomic E-state index is 5.46. The monoisotopic (exact) mass is 445 g/mol. The number of guanidine groups is 1. The minimum Gasteiger partial charge on any atom is -0.381 e. The molecule has 0 spiro atoms. The second-order valence-electron chi connectivity index (χ2n) is 6.71. The lowest BCUT2D eigenvalue weighted by molar-refractivity contribution is 0.181. The lowest BCUT2D eigenvalue weighted by Gasteiger charge is -2.24. The Morgan fingerprint density at radius 1 is 1.29 bits per heavy atom. The fourth-order valence-electron chi connectivity index (χ4n) is 3.49. The molecule has 1 heterocycles. The van der Waals surface area contributed by atoms with Gasteiger partial charge in [-0.1, -0.05) is 17.7 Å². The van der Waals surface area contributed by atoms with Crippen LogP contribution in [0.1, 0.15) is 28.7 Å². The summed E-state index contributed by atoms with van der Waals surface area (Å²) >= 11 is 0. The minimum absolute atomic E-state index is 0. The first kappa shape index (κ1) is 21.2. The molecule has 0 radical (unpaired) electrons. The number of hydrogen-bond acceptors (Lipinski definition) is 2. The summed E-state index contributed by atoms with van der Waals surface area (Å²) in [6, 6.07) is 4.53. The van der Waals surface area contributed by atoms with Gasteiger partial charge in [0, 0.05) is 39.7 Å². The standard InChI is InChI=1S/C19H31N3O.HI/c1-14-10-15(2)18(16(3)11-14)6-8-21-19(20-4)22(5)12-17-7-9-23-13-17;/h10-11,17H,6-9,12-13H2,1-5H3,(H,20,21);1H. The van der Waals surface area contributed by atoms with Crippen molar-refractivity contribution in [3.63, 3.8) is 0 Å². The van der Waals surface area contributed by atoms with Gasteiger partial charge < -0.3 is 15.0 Å². The van der Waals surface area contributed by atoms with Crippen molar-refractivity contribution in [1.82, 2.24) is 10.2 Å². The molecule has 24 heavy (non-hydrogen) atoms. The zero-order chi connectivity index (χ0) is 16.8. The van der Waals surface area contributed by atoms with Gasteiger partial charge in [0.05, 0.1) is 6.61 Å². The highest BCUT2D eigenvalue weighted by Crippen LogP contribution is 2.17. The third kappa shape index (κ3) is 5.92. The van der Waals surface area contributed by atoms with Crippen molar-refractivity contribution in [2.24, 2.45) is 10.9 Å². The summed E-state index contributed by atoms with van der Waals surface area (Å²) in [6.07, 6.45) is 2.18. The Labute approximate surface area is 164 Å². The van der Waals surface area contributed by atoms with Gasteiger partial charge in [-0.3, -0.25) is 4.99 Å².